The molecule has 4 heteroatoms. The quantitative estimate of drug-likeness (QED) is 0.0430. The van der Waals surface area contributed by atoms with Gasteiger partial charge in [0.2, 0.25) is 5.91 Å². The minimum atomic E-state index is -0.859. The first kappa shape index (κ1) is 51.8. The van der Waals surface area contributed by atoms with Gasteiger partial charge in [-0.2, -0.15) is 0 Å². The Labute approximate surface area is 336 Å². The van der Waals surface area contributed by atoms with Gasteiger partial charge in [-0.15, -0.1) is 0 Å². The number of amides is 1. The van der Waals surface area contributed by atoms with Gasteiger partial charge in [-0.05, 0) is 64.2 Å². The zero-order valence-corrected chi connectivity index (χ0v) is 35.7. The summed E-state index contributed by atoms with van der Waals surface area (Å²) in [4.78, 5) is 12.3. The normalized spacial score (nSPS) is 13.6. The summed E-state index contributed by atoms with van der Waals surface area (Å²) in [5.74, 6) is -0.0784. The molecule has 3 N–H and O–H groups in total. The van der Waals surface area contributed by atoms with Crippen molar-refractivity contribution in [2.24, 2.45) is 0 Å². The predicted molar refractivity (Wildman–Crippen MR) is 239 cm³/mol. The third-order valence-corrected chi connectivity index (χ3v) is 10.2. The maximum atomic E-state index is 12.3. The van der Waals surface area contributed by atoms with Crippen LogP contribution in [0.25, 0.3) is 0 Å². The number of aliphatic hydroxyl groups is 2. The first-order valence-electron chi connectivity index (χ1n) is 23.2. The molecule has 2 unspecified atom stereocenters. The molecule has 0 fully saturated rings. The van der Waals surface area contributed by atoms with Crippen LogP contribution >= 0.6 is 0 Å². The van der Waals surface area contributed by atoms with Crippen LogP contribution in [0.4, 0.5) is 0 Å². The van der Waals surface area contributed by atoms with Crippen molar-refractivity contribution in [1.82, 2.24) is 5.32 Å². The van der Waals surface area contributed by atoms with Crippen LogP contribution in [-0.4, -0.2) is 34.9 Å². The van der Waals surface area contributed by atoms with Crippen molar-refractivity contribution < 1.29 is 15.0 Å². The highest BCUT2D eigenvalue weighted by Crippen LogP contribution is 2.16. The van der Waals surface area contributed by atoms with Crippen molar-refractivity contribution in [3.63, 3.8) is 0 Å². The molecule has 0 rings (SSSR count). The van der Waals surface area contributed by atoms with E-state index in [-0.39, 0.29) is 12.5 Å². The van der Waals surface area contributed by atoms with E-state index in [1.165, 1.54) is 135 Å². The van der Waals surface area contributed by atoms with Gasteiger partial charge < -0.3 is 15.5 Å². The van der Waals surface area contributed by atoms with Crippen molar-refractivity contribution in [3.05, 3.63) is 72.9 Å². The summed E-state index contributed by atoms with van der Waals surface area (Å²) < 4.78 is 0. The van der Waals surface area contributed by atoms with Gasteiger partial charge in [-0.3, -0.25) is 4.79 Å². The fourth-order valence-corrected chi connectivity index (χ4v) is 6.66. The number of hydrogen-bond acceptors (Lipinski definition) is 3. The predicted octanol–water partition coefficient (Wildman–Crippen LogP) is 14.7. The number of nitrogens with one attached hydrogen (secondary N) is 1. The molecule has 0 aromatic rings. The molecule has 0 saturated carbocycles. The first-order valence-corrected chi connectivity index (χ1v) is 23.2. The van der Waals surface area contributed by atoms with Gasteiger partial charge >= 0.3 is 0 Å². The Balaban J connectivity index is 3.39. The number of rotatable bonds is 41. The Kier molecular flexibility index (Phi) is 43.4. The molecule has 0 aliphatic rings. The number of unbranched alkanes of at least 4 members (excludes halogenated alkanes) is 24. The van der Waals surface area contributed by atoms with Crippen LogP contribution in [-0.2, 0) is 4.79 Å². The summed E-state index contributed by atoms with van der Waals surface area (Å²) in [6.45, 7) is 4.08. The molecule has 0 heterocycles. The highest BCUT2D eigenvalue weighted by molar-refractivity contribution is 5.76. The van der Waals surface area contributed by atoms with Crippen molar-refractivity contribution >= 4 is 5.91 Å². The maximum Gasteiger partial charge on any atom is 0.220 e. The Bertz CT molecular complexity index is 946. The van der Waals surface area contributed by atoms with Crippen LogP contribution in [0.15, 0.2) is 72.9 Å². The molecular weight excluding hydrogens is 663 g/mol. The van der Waals surface area contributed by atoms with Gasteiger partial charge in [0.15, 0.2) is 0 Å². The molecule has 0 radical (unpaired) electrons. The van der Waals surface area contributed by atoms with E-state index in [1.54, 1.807) is 6.08 Å². The lowest BCUT2D eigenvalue weighted by Crippen LogP contribution is -2.45. The van der Waals surface area contributed by atoms with Crippen LogP contribution in [0.5, 0.6) is 0 Å². The lowest BCUT2D eigenvalue weighted by atomic mass is 10.0. The minimum absolute atomic E-state index is 0.0784. The molecule has 2 atom stereocenters. The maximum absolute atomic E-state index is 12.3. The largest absolute Gasteiger partial charge is 0.394 e. The van der Waals surface area contributed by atoms with Gasteiger partial charge in [0, 0.05) is 6.42 Å². The Morgan fingerprint density at radius 1 is 0.463 bits per heavy atom. The van der Waals surface area contributed by atoms with Crippen molar-refractivity contribution in [2.75, 3.05) is 6.61 Å². The summed E-state index contributed by atoms with van der Waals surface area (Å²) in [5.41, 5.74) is 0. The second kappa shape index (κ2) is 45.2. The Morgan fingerprint density at radius 2 is 0.833 bits per heavy atom. The van der Waals surface area contributed by atoms with Crippen LogP contribution in [0.1, 0.15) is 219 Å². The van der Waals surface area contributed by atoms with Crippen molar-refractivity contribution in [1.29, 1.82) is 0 Å². The molecule has 0 aromatic heterocycles. The monoisotopic (exact) mass is 752 g/mol. The molecule has 312 valence electrons. The number of carbonyl (C=O) groups is 1. The molecule has 1 amide bonds. The third-order valence-electron chi connectivity index (χ3n) is 10.2. The summed E-state index contributed by atoms with van der Waals surface area (Å²) in [5, 5.41) is 22.7. The molecule has 0 aliphatic heterocycles. The topological polar surface area (TPSA) is 69.6 Å². The van der Waals surface area contributed by atoms with E-state index in [4.69, 9.17) is 0 Å². The van der Waals surface area contributed by atoms with Crippen LogP contribution in [0.3, 0.4) is 0 Å². The smallest absolute Gasteiger partial charge is 0.220 e. The zero-order valence-electron chi connectivity index (χ0n) is 35.7. The first-order chi connectivity index (χ1) is 26.7. The minimum Gasteiger partial charge on any atom is -0.394 e. The lowest BCUT2D eigenvalue weighted by molar-refractivity contribution is -0.123. The van der Waals surface area contributed by atoms with Gasteiger partial charge in [0.05, 0.1) is 18.8 Å². The van der Waals surface area contributed by atoms with Gasteiger partial charge in [-0.25, -0.2) is 0 Å². The molecule has 0 spiro atoms. The molecule has 0 bridgehead atoms. The molecule has 0 aromatic carbocycles. The summed E-state index contributed by atoms with van der Waals surface area (Å²) in [7, 11) is 0. The number of hydrogen-bond donors (Lipinski definition) is 3. The fourth-order valence-electron chi connectivity index (χ4n) is 6.66. The molecular formula is C50H89NO3. The van der Waals surface area contributed by atoms with Crippen molar-refractivity contribution in [2.45, 2.75) is 231 Å². The zero-order chi connectivity index (χ0) is 39.3. The molecule has 0 aliphatic carbocycles. The molecule has 4 nitrogen and oxygen atoms in total. The highest BCUT2D eigenvalue weighted by atomic mass is 16.3. The van der Waals surface area contributed by atoms with E-state index in [2.05, 4.69) is 79.9 Å². The average molecular weight is 752 g/mol. The second-order valence-electron chi connectivity index (χ2n) is 15.4. The molecule has 54 heavy (non-hydrogen) atoms. The van der Waals surface area contributed by atoms with Crippen molar-refractivity contribution in [3.8, 4) is 0 Å². The number of carbonyl (C=O) groups excluding carboxylic acids is 1. The fraction of sp³-hybridized carbons (Fsp3) is 0.740. The summed E-state index contributed by atoms with van der Waals surface area (Å²) in [6, 6.07) is -0.636. The van der Waals surface area contributed by atoms with E-state index < -0.39 is 12.1 Å². The lowest BCUT2D eigenvalue weighted by Gasteiger charge is -2.19. The Morgan fingerprint density at radius 3 is 1.28 bits per heavy atom. The summed E-state index contributed by atoms with van der Waals surface area (Å²) >= 11 is 0. The molecule has 0 saturated heterocycles. The standard InChI is InChI=1S/C50H89NO3/c1-3-5-7-9-11-12-13-14-15-16-17-18-19-20-21-22-23-24-25-26-27-28-29-30-31-32-33-34-35-36-37-38-40-42-44-46-50(54)51-48(47-52)49(53)45-43-41-39-10-8-6-4-2/h5,7-8,10-12,14-15,17-18,43,45,48-49,52-53H,3-4,6,9,13,16,19-42,44,46-47H2,1-2H3,(H,51,54)/b7-5-,10-8+,12-11-,15-14-,18-17-,45-43+. The van der Waals surface area contributed by atoms with Crippen LogP contribution in [0.2, 0.25) is 0 Å². The summed E-state index contributed by atoms with van der Waals surface area (Å²) in [6.07, 6.45) is 64.9. The number of aliphatic hydroxyl groups excluding tert-OH is 2. The van der Waals surface area contributed by atoms with Gasteiger partial charge in [0.1, 0.15) is 0 Å². The van der Waals surface area contributed by atoms with Crippen LogP contribution < -0.4 is 5.32 Å². The van der Waals surface area contributed by atoms with Crippen LogP contribution in [0, 0.1) is 0 Å². The van der Waals surface area contributed by atoms with E-state index in [0.29, 0.717) is 6.42 Å². The Hall–Kier alpha value is -2.17. The van der Waals surface area contributed by atoms with E-state index in [1.807, 2.05) is 6.08 Å². The van der Waals surface area contributed by atoms with Gasteiger partial charge in [-0.1, -0.05) is 222 Å². The SMILES string of the molecule is CC/C=C\C/C=C\C/C=C\C/C=C\CCCCCCCCCCCCCCCCCCCCCCCCC(=O)NC(CO)C(O)/C=C/CC/C=C/CCC. The van der Waals surface area contributed by atoms with E-state index in [0.717, 1.165) is 64.2 Å². The third kappa shape index (κ3) is 41.0. The van der Waals surface area contributed by atoms with E-state index in [9.17, 15) is 15.0 Å². The average Bonchev–Trinajstić information content (AvgIpc) is 3.18. The highest BCUT2D eigenvalue weighted by Gasteiger charge is 2.17. The second-order valence-corrected chi connectivity index (χ2v) is 15.4. The number of allylic oxidation sites excluding steroid dienone is 11. The van der Waals surface area contributed by atoms with E-state index >= 15 is 0 Å². The van der Waals surface area contributed by atoms with Gasteiger partial charge in [0.25, 0.3) is 0 Å².